The van der Waals surface area contributed by atoms with Crippen LogP contribution >= 0.6 is 11.8 Å². The minimum atomic E-state index is -0.133. The van der Waals surface area contributed by atoms with Crippen LogP contribution in [-0.4, -0.2) is 11.4 Å². The largest absolute Gasteiger partial charge is 0.357 e. The quantitative estimate of drug-likeness (QED) is 0.830. The normalized spacial score (nSPS) is 19.0. The van der Waals surface area contributed by atoms with Crippen molar-refractivity contribution in [1.29, 1.82) is 0 Å². The van der Waals surface area contributed by atoms with Gasteiger partial charge < -0.3 is 10.6 Å². The van der Waals surface area contributed by atoms with E-state index in [0.717, 1.165) is 22.6 Å². The van der Waals surface area contributed by atoms with Crippen molar-refractivity contribution < 1.29 is 4.79 Å². The number of benzene rings is 2. The Morgan fingerprint density at radius 2 is 1.83 bits per heavy atom. The maximum absolute atomic E-state index is 12.1. The Kier molecular flexibility index (Phi) is 4.72. The number of carbonyl (C=O) groups excluding carboxylic acids is 1. The number of carbonyl (C=O) groups is 1. The fraction of sp³-hybridized carbons (Fsp3) is 0.211. The predicted molar refractivity (Wildman–Crippen MR) is 98.1 cm³/mol. The molecule has 1 amide bonds. The van der Waals surface area contributed by atoms with E-state index in [1.54, 1.807) is 0 Å². The van der Waals surface area contributed by atoms with Gasteiger partial charge in [-0.15, -0.1) is 0 Å². The number of aryl methyl sites for hydroxylation is 2. The molecule has 1 saturated heterocycles. The van der Waals surface area contributed by atoms with Crippen LogP contribution in [0.4, 0.5) is 5.69 Å². The van der Waals surface area contributed by atoms with E-state index in [9.17, 15) is 4.79 Å². The summed E-state index contributed by atoms with van der Waals surface area (Å²) in [4.78, 5) is 12.8. The highest BCUT2D eigenvalue weighted by Gasteiger charge is 2.26. The summed E-state index contributed by atoms with van der Waals surface area (Å²) in [6.07, 6.45) is 2.96. The van der Waals surface area contributed by atoms with Crippen LogP contribution in [0.15, 0.2) is 53.4 Å². The molecule has 4 heteroatoms. The zero-order valence-corrected chi connectivity index (χ0v) is 14.1. The molecule has 0 aromatic heterocycles. The molecule has 3 nitrogen and oxygen atoms in total. The van der Waals surface area contributed by atoms with E-state index in [1.807, 2.05) is 30.3 Å². The summed E-state index contributed by atoms with van der Waals surface area (Å²) >= 11 is 1.51. The molecule has 3 rings (SSSR count). The first kappa shape index (κ1) is 15.7. The molecule has 1 fully saturated rings. The zero-order valence-electron chi connectivity index (χ0n) is 13.3. The van der Waals surface area contributed by atoms with Crippen molar-refractivity contribution in [1.82, 2.24) is 5.32 Å². The Balaban J connectivity index is 1.67. The molecule has 23 heavy (non-hydrogen) atoms. The number of hydrogen-bond donors (Lipinski definition) is 2. The second-order valence-corrected chi connectivity index (χ2v) is 6.73. The van der Waals surface area contributed by atoms with Crippen molar-refractivity contribution in [2.24, 2.45) is 0 Å². The molecular formula is C19H20N2OS. The first-order chi connectivity index (χ1) is 11.1. The van der Waals surface area contributed by atoms with Gasteiger partial charge in [0.1, 0.15) is 0 Å². The number of thioether (sulfide) groups is 1. The van der Waals surface area contributed by atoms with E-state index in [4.69, 9.17) is 0 Å². The average Bonchev–Trinajstić information content (AvgIpc) is 2.90. The molecular weight excluding hydrogens is 304 g/mol. The summed E-state index contributed by atoms with van der Waals surface area (Å²) in [5.41, 5.74) is 4.44. The van der Waals surface area contributed by atoms with Crippen molar-refractivity contribution >= 4 is 29.4 Å². The lowest BCUT2D eigenvalue weighted by Crippen LogP contribution is -2.30. The molecule has 1 atom stereocenters. The van der Waals surface area contributed by atoms with E-state index in [1.165, 1.54) is 22.9 Å². The third-order valence-corrected chi connectivity index (χ3v) is 4.79. The zero-order chi connectivity index (χ0) is 16.2. The fourth-order valence-electron chi connectivity index (χ4n) is 2.37. The smallest absolute Gasteiger partial charge is 0.260 e. The van der Waals surface area contributed by atoms with Crippen LogP contribution in [-0.2, 0) is 11.2 Å². The van der Waals surface area contributed by atoms with Crippen LogP contribution in [0.3, 0.4) is 0 Å². The van der Waals surface area contributed by atoms with Gasteiger partial charge in [-0.3, -0.25) is 4.79 Å². The molecule has 2 N–H and O–H groups in total. The third-order valence-electron chi connectivity index (χ3n) is 3.77. The van der Waals surface area contributed by atoms with Crippen LogP contribution in [0, 0.1) is 6.92 Å². The monoisotopic (exact) mass is 324 g/mol. The average molecular weight is 324 g/mol. The summed E-state index contributed by atoms with van der Waals surface area (Å²) in [5, 5.41) is 6.29. The van der Waals surface area contributed by atoms with Gasteiger partial charge in [0.25, 0.3) is 5.91 Å². The lowest BCUT2D eigenvalue weighted by Gasteiger charge is -2.12. The Bertz CT molecular complexity index is 720. The van der Waals surface area contributed by atoms with Gasteiger partial charge in [-0.1, -0.05) is 60.6 Å². The van der Waals surface area contributed by atoms with Gasteiger partial charge in [-0.25, -0.2) is 0 Å². The molecule has 0 saturated carbocycles. The van der Waals surface area contributed by atoms with Gasteiger partial charge in [0.05, 0.1) is 4.91 Å². The maximum Gasteiger partial charge on any atom is 0.260 e. The number of hydrogen-bond acceptors (Lipinski definition) is 3. The Morgan fingerprint density at radius 1 is 1.13 bits per heavy atom. The Morgan fingerprint density at radius 3 is 2.48 bits per heavy atom. The topological polar surface area (TPSA) is 41.1 Å². The second-order valence-electron chi connectivity index (χ2n) is 5.59. The van der Waals surface area contributed by atoms with Crippen molar-refractivity contribution in [3.8, 4) is 0 Å². The molecule has 2 aromatic rings. The van der Waals surface area contributed by atoms with Crippen LogP contribution in [0.5, 0.6) is 0 Å². The number of amides is 1. The molecule has 0 spiro atoms. The first-order valence-corrected chi connectivity index (χ1v) is 8.63. The highest BCUT2D eigenvalue weighted by atomic mass is 32.2. The van der Waals surface area contributed by atoms with Crippen LogP contribution in [0.2, 0.25) is 0 Å². The van der Waals surface area contributed by atoms with E-state index >= 15 is 0 Å². The third kappa shape index (κ3) is 3.96. The second kappa shape index (κ2) is 6.92. The lowest BCUT2D eigenvalue weighted by atomic mass is 10.1. The minimum absolute atomic E-state index is 0.0294. The van der Waals surface area contributed by atoms with Gasteiger partial charge >= 0.3 is 0 Å². The summed E-state index contributed by atoms with van der Waals surface area (Å²) in [6, 6.07) is 16.5. The van der Waals surface area contributed by atoms with Crippen molar-refractivity contribution in [2.45, 2.75) is 25.8 Å². The molecule has 0 aliphatic carbocycles. The van der Waals surface area contributed by atoms with Crippen molar-refractivity contribution in [3.63, 3.8) is 0 Å². The molecule has 0 bridgehead atoms. The van der Waals surface area contributed by atoms with Crippen LogP contribution in [0.25, 0.3) is 6.08 Å². The van der Waals surface area contributed by atoms with Gasteiger partial charge in [0.15, 0.2) is 5.50 Å². The minimum Gasteiger partial charge on any atom is -0.357 e. The van der Waals surface area contributed by atoms with Gasteiger partial charge in [-0.2, -0.15) is 0 Å². The number of rotatable bonds is 4. The highest BCUT2D eigenvalue weighted by Crippen LogP contribution is 2.30. The van der Waals surface area contributed by atoms with E-state index in [0.29, 0.717) is 0 Å². The standard InChI is InChI=1S/C19H20N2OS/c1-3-14-8-10-16(11-9-14)20-19-21-18(22)17(23-19)12-15-6-4-13(2)5-7-15/h4-12,19-20H,3H2,1-2H3,(H,21,22)/b17-12-/t19-/m0/s1. The summed E-state index contributed by atoms with van der Waals surface area (Å²) in [6.45, 7) is 4.19. The summed E-state index contributed by atoms with van der Waals surface area (Å²) in [7, 11) is 0. The molecule has 1 aliphatic heterocycles. The van der Waals surface area contributed by atoms with Crippen LogP contribution < -0.4 is 10.6 Å². The van der Waals surface area contributed by atoms with E-state index < -0.39 is 0 Å². The van der Waals surface area contributed by atoms with Crippen molar-refractivity contribution in [3.05, 3.63) is 70.1 Å². The van der Waals surface area contributed by atoms with Crippen molar-refractivity contribution in [2.75, 3.05) is 5.32 Å². The molecule has 1 heterocycles. The molecule has 2 aromatic carbocycles. The fourth-order valence-corrected chi connectivity index (χ4v) is 3.35. The molecule has 1 aliphatic rings. The number of anilines is 1. The Hall–Kier alpha value is -2.20. The first-order valence-electron chi connectivity index (χ1n) is 7.75. The predicted octanol–water partition coefficient (Wildman–Crippen LogP) is 4.16. The van der Waals surface area contributed by atoms with Gasteiger partial charge in [0, 0.05) is 5.69 Å². The maximum atomic E-state index is 12.1. The van der Waals surface area contributed by atoms with Gasteiger partial charge in [0.2, 0.25) is 0 Å². The Labute approximate surface area is 141 Å². The highest BCUT2D eigenvalue weighted by molar-refractivity contribution is 8.05. The molecule has 0 unspecified atom stereocenters. The SMILES string of the molecule is CCc1ccc(N[C@H]2NC(=O)/C(=C/c3ccc(C)cc3)S2)cc1. The van der Waals surface area contributed by atoms with Crippen LogP contribution in [0.1, 0.15) is 23.6 Å². The summed E-state index contributed by atoms with van der Waals surface area (Å²) in [5.74, 6) is -0.0294. The summed E-state index contributed by atoms with van der Waals surface area (Å²) < 4.78 is 0. The van der Waals surface area contributed by atoms with E-state index in [-0.39, 0.29) is 11.4 Å². The molecule has 0 radical (unpaired) electrons. The van der Waals surface area contributed by atoms with E-state index in [2.05, 4.69) is 48.7 Å². The number of nitrogens with one attached hydrogen (secondary N) is 2. The van der Waals surface area contributed by atoms with Gasteiger partial charge in [-0.05, 0) is 42.7 Å². The lowest BCUT2D eigenvalue weighted by molar-refractivity contribution is -0.116. The molecule has 118 valence electrons.